The Morgan fingerprint density at radius 3 is 3.00 bits per heavy atom. The highest BCUT2D eigenvalue weighted by atomic mass is 32.1. The molecule has 0 aliphatic carbocycles. The molecule has 0 spiro atoms. The van der Waals surface area contributed by atoms with Gasteiger partial charge in [0.15, 0.2) is 0 Å². The smallest absolute Gasteiger partial charge is 0.0572 e. The third kappa shape index (κ3) is 2.83. The van der Waals surface area contributed by atoms with Gasteiger partial charge < -0.3 is 10.2 Å². The molecule has 2 aromatic heterocycles. The first-order valence-corrected chi connectivity index (χ1v) is 8.61. The highest BCUT2D eigenvalue weighted by Crippen LogP contribution is 2.35. The van der Waals surface area contributed by atoms with E-state index in [2.05, 4.69) is 59.6 Å². The molecule has 2 unspecified atom stereocenters. The molecule has 1 N–H and O–H groups in total. The summed E-state index contributed by atoms with van der Waals surface area (Å²) >= 11 is 1.89. The van der Waals surface area contributed by atoms with Crippen molar-refractivity contribution < 1.29 is 0 Å². The van der Waals surface area contributed by atoms with E-state index in [1.54, 1.807) is 4.88 Å². The van der Waals surface area contributed by atoms with Crippen LogP contribution in [-0.4, -0.2) is 18.1 Å². The number of aromatic nitrogens is 1. The van der Waals surface area contributed by atoms with E-state index in [4.69, 9.17) is 0 Å². The van der Waals surface area contributed by atoms with Gasteiger partial charge in [-0.05, 0) is 56.0 Å². The Morgan fingerprint density at radius 2 is 2.29 bits per heavy atom. The summed E-state index contributed by atoms with van der Waals surface area (Å²) in [7, 11) is 0. The summed E-state index contributed by atoms with van der Waals surface area (Å²) in [6, 6.07) is 7.39. The lowest BCUT2D eigenvalue weighted by atomic mass is 10.0. The van der Waals surface area contributed by atoms with Gasteiger partial charge in [0.2, 0.25) is 0 Å². The minimum atomic E-state index is 0.311. The van der Waals surface area contributed by atoms with Gasteiger partial charge in [0.05, 0.1) is 23.6 Å². The third-order valence-corrected chi connectivity index (χ3v) is 5.33. The molecule has 2 atom stereocenters. The number of thiophene rings is 1. The van der Waals surface area contributed by atoms with Crippen molar-refractivity contribution in [2.24, 2.45) is 0 Å². The maximum atomic E-state index is 4.65. The van der Waals surface area contributed by atoms with E-state index >= 15 is 0 Å². The van der Waals surface area contributed by atoms with Gasteiger partial charge in [0.25, 0.3) is 0 Å². The van der Waals surface area contributed by atoms with Crippen molar-refractivity contribution in [3.8, 4) is 0 Å². The van der Waals surface area contributed by atoms with Crippen molar-refractivity contribution in [2.75, 3.05) is 18.0 Å². The lowest BCUT2D eigenvalue weighted by Crippen LogP contribution is -2.33. The zero-order valence-electron chi connectivity index (χ0n) is 13.0. The van der Waals surface area contributed by atoms with Gasteiger partial charge in [-0.3, -0.25) is 4.98 Å². The summed E-state index contributed by atoms with van der Waals surface area (Å²) < 4.78 is 0. The molecule has 0 bridgehead atoms. The highest BCUT2D eigenvalue weighted by Gasteiger charge is 2.25. The predicted molar refractivity (Wildman–Crippen MR) is 90.1 cm³/mol. The summed E-state index contributed by atoms with van der Waals surface area (Å²) in [6.45, 7) is 8.62. The number of pyridine rings is 1. The van der Waals surface area contributed by atoms with Gasteiger partial charge in [-0.2, -0.15) is 0 Å². The minimum absolute atomic E-state index is 0.311. The number of hydrogen-bond donors (Lipinski definition) is 1. The van der Waals surface area contributed by atoms with Crippen LogP contribution < -0.4 is 10.2 Å². The molecule has 3 rings (SSSR count). The molecule has 1 aliphatic rings. The van der Waals surface area contributed by atoms with Crippen LogP contribution in [-0.2, 0) is 6.42 Å². The molecule has 4 heteroatoms. The molecule has 0 amide bonds. The summed E-state index contributed by atoms with van der Waals surface area (Å²) in [6.07, 6.45) is 3.17. The zero-order valence-corrected chi connectivity index (χ0v) is 13.8. The SMILES string of the molecule is CCNC(C)c1ccc(N2CCc3sccc3C2C)cn1. The van der Waals surface area contributed by atoms with Crippen molar-refractivity contribution in [1.29, 1.82) is 0 Å². The Balaban J connectivity index is 1.79. The van der Waals surface area contributed by atoms with Crippen LogP contribution in [0.25, 0.3) is 0 Å². The fourth-order valence-electron chi connectivity index (χ4n) is 3.10. The maximum Gasteiger partial charge on any atom is 0.0572 e. The van der Waals surface area contributed by atoms with Crippen LogP contribution in [0.2, 0.25) is 0 Å². The molecule has 3 heterocycles. The predicted octanol–water partition coefficient (Wildman–Crippen LogP) is 3.94. The van der Waals surface area contributed by atoms with E-state index in [9.17, 15) is 0 Å². The third-order valence-electron chi connectivity index (χ3n) is 4.33. The van der Waals surface area contributed by atoms with Crippen LogP contribution in [0.4, 0.5) is 5.69 Å². The molecule has 0 saturated carbocycles. The number of anilines is 1. The second-order valence-corrected chi connectivity index (χ2v) is 6.64. The first kappa shape index (κ1) is 14.5. The van der Waals surface area contributed by atoms with Gasteiger partial charge in [-0.15, -0.1) is 11.3 Å². The average Bonchev–Trinajstić information content (AvgIpc) is 2.98. The largest absolute Gasteiger partial charge is 0.363 e. The second kappa shape index (κ2) is 6.16. The van der Waals surface area contributed by atoms with Crippen molar-refractivity contribution in [1.82, 2.24) is 10.3 Å². The molecule has 0 saturated heterocycles. The summed E-state index contributed by atoms with van der Waals surface area (Å²) in [4.78, 5) is 8.66. The van der Waals surface area contributed by atoms with Crippen molar-refractivity contribution in [3.05, 3.63) is 45.9 Å². The molecule has 2 aromatic rings. The van der Waals surface area contributed by atoms with Crippen LogP contribution in [0.3, 0.4) is 0 Å². The molecule has 0 radical (unpaired) electrons. The van der Waals surface area contributed by atoms with E-state index in [0.29, 0.717) is 12.1 Å². The maximum absolute atomic E-state index is 4.65. The second-order valence-electron chi connectivity index (χ2n) is 5.64. The Kier molecular flexibility index (Phi) is 4.27. The van der Waals surface area contributed by atoms with Crippen molar-refractivity contribution >= 4 is 17.0 Å². The molecule has 112 valence electrons. The van der Waals surface area contributed by atoms with E-state index < -0.39 is 0 Å². The molecule has 1 aliphatic heterocycles. The van der Waals surface area contributed by atoms with Crippen LogP contribution in [0.1, 0.15) is 49.0 Å². The fourth-order valence-corrected chi connectivity index (χ4v) is 4.06. The first-order valence-electron chi connectivity index (χ1n) is 7.73. The standard InChI is InChI=1S/C17H23N3S/c1-4-18-12(2)16-6-5-14(11-19-16)20-9-7-17-15(13(20)3)8-10-21-17/h5-6,8,10-13,18H,4,7,9H2,1-3H3. The number of hydrogen-bond acceptors (Lipinski definition) is 4. The van der Waals surface area contributed by atoms with E-state index in [0.717, 1.165) is 25.2 Å². The number of nitrogens with one attached hydrogen (secondary N) is 1. The van der Waals surface area contributed by atoms with Crippen molar-refractivity contribution in [2.45, 2.75) is 39.3 Å². The summed E-state index contributed by atoms with van der Waals surface area (Å²) in [5, 5.41) is 5.62. The first-order chi connectivity index (χ1) is 10.2. The monoisotopic (exact) mass is 301 g/mol. The average molecular weight is 301 g/mol. The van der Waals surface area contributed by atoms with Gasteiger partial charge in [0.1, 0.15) is 0 Å². The molecule has 0 aromatic carbocycles. The molecule has 0 fully saturated rings. The van der Waals surface area contributed by atoms with E-state index in [1.807, 2.05) is 17.5 Å². The minimum Gasteiger partial charge on any atom is -0.363 e. The normalized spacial score (nSPS) is 19.4. The van der Waals surface area contributed by atoms with Gasteiger partial charge in [-0.1, -0.05) is 6.92 Å². The van der Waals surface area contributed by atoms with Gasteiger partial charge >= 0.3 is 0 Å². The molecule has 3 nitrogen and oxygen atoms in total. The Morgan fingerprint density at radius 1 is 1.43 bits per heavy atom. The Bertz CT molecular complexity index is 590. The fraction of sp³-hybridized carbons (Fsp3) is 0.471. The van der Waals surface area contributed by atoms with Crippen LogP contribution >= 0.6 is 11.3 Å². The highest BCUT2D eigenvalue weighted by molar-refractivity contribution is 7.10. The van der Waals surface area contributed by atoms with Crippen LogP contribution in [0.15, 0.2) is 29.8 Å². The van der Waals surface area contributed by atoms with Crippen LogP contribution in [0, 0.1) is 0 Å². The lowest BCUT2D eigenvalue weighted by molar-refractivity contribution is 0.582. The molecular formula is C17H23N3S. The van der Waals surface area contributed by atoms with E-state index in [1.165, 1.54) is 11.3 Å². The summed E-state index contributed by atoms with van der Waals surface area (Å²) in [5.41, 5.74) is 3.82. The lowest BCUT2D eigenvalue weighted by Gasteiger charge is -2.35. The topological polar surface area (TPSA) is 28.2 Å². The van der Waals surface area contributed by atoms with E-state index in [-0.39, 0.29) is 0 Å². The molecular weight excluding hydrogens is 278 g/mol. The number of fused-ring (bicyclic) bond motifs is 1. The van der Waals surface area contributed by atoms with Gasteiger partial charge in [0, 0.05) is 17.5 Å². The zero-order chi connectivity index (χ0) is 14.8. The van der Waals surface area contributed by atoms with Gasteiger partial charge in [-0.25, -0.2) is 0 Å². The summed E-state index contributed by atoms with van der Waals surface area (Å²) in [5.74, 6) is 0. The quantitative estimate of drug-likeness (QED) is 0.927. The Labute approximate surface area is 131 Å². The number of rotatable bonds is 4. The van der Waals surface area contributed by atoms with Crippen molar-refractivity contribution in [3.63, 3.8) is 0 Å². The molecule has 21 heavy (non-hydrogen) atoms. The van der Waals surface area contributed by atoms with Crippen LogP contribution in [0.5, 0.6) is 0 Å². The Hall–Kier alpha value is -1.39. The number of nitrogens with zero attached hydrogens (tertiary/aromatic N) is 2.